The van der Waals surface area contributed by atoms with Gasteiger partial charge >= 0.3 is 0 Å². The van der Waals surface area contributed by atoms with Crippen LogP contribution in [0.15, 0.2) is 30.6 Å². The molecule has 0 radical (unpaired) electrons. The first-order chi connectivity index (χ1) is 9.31. The van der Waals surface area contributed by atoms with Crippen LogP contribution < -0.4 is 9.64 Å². The quantitative estimate of drug-likeness (QED) is 0.895. The molecule has 5 heteroatoms. The van der Waals surface area contributed by atoms with Gasteiger partial charge in [-0.1, -0.05) is 12.1 Å². The summed E-state index contributed by atoms with van der Waals surface area (Å²) in [7, 11) is 1.63. The van der Waals surface area contributed by atoms with Crippen molar-refractivity contribution < 1.29 is 9.53 Å². The third-order valence-corrected chi connectivity index (χ3v) is 3.39. The number of ether oxygens (including phenoxy) is 1. The lowest BCUT2D eigenvalue weighted by molar-refractivity contribution is 0.0984. The van der Waals surface area contributed by atoms with Crippen molar-refractivity contribution >= 4 is 11.6 Å². The molecule has 0 aliphatic carbocycles. The highest BCUT2D eigenvalue weighted by atomic mass is 16.5. The van der Waals surface area contributed by atoms with Gasteiger partial charge in [0.15, 0.2) is 0 Å². The Balaban J connectivity index is 2.05. The van der Waals surface area contributed by atoms with Crippen molar-refractivity contribution in [3.63, 3.8) is 0 Å². The van der Waals surface area contributed by atoms with E-state index in [-0.39, 0.29) is 5.91 Å². The van der Waals surface area contributed by atoms with Gasteiger partial charge in [0.05, 0.1) is 24.6 Å². The number of hydrogen-bond acceptors (Lipinski definition) is 3. The highest BCUT2D eigenvalue weighted by Gasteiger charge is 2.26. The van der Waals surface area contributed by atoms with Crippen LogP contribution in [-0.4, -0.2) is 29.8 Å². The number of benzene rings is 1. The van der Waals surface area contributed by atoms with Crippen molar-refractivity contribution in [2.24, 2.45) is 0 Å². The van der Waals surface area contributed by atoms with Gasteiger partial charge in [-0.15, -0.1) is 0 Å². The van der Waals surface area contributed by atoms with Crippen LogP contribution in [0.25, 0.3) is 0 Å². The molecule has 1 aromatic carbocycles. The molecule has 98 valence electrons. The zero-order valence-electron chi connectivity index (χ0n) is 10.7. The number of H-pyrrole nitrogens is 1. The molecule has 0 bridgehead atoms. The summed E-state index contributed by atoms with van der Waals surface area (Å²) in [6, 6.07) is 5.90. The number of hydrogen-bond donors (Lipinski definition) is 1. The van der Waals surface area contributed by atoms with Gasteiger partial charge in [-0.05, 0) is 24.5 Å². The Bertz CT molecular complexity index is 578. The molecular formula is C14H15N3O2. The van der Waals surface area contributed by atoms with E-state index >= 15 is 0 Å². The Kier molecular flexibility index (Phi) is 2.95. The average Bonchev–Trinajstić information content (AvgIpc) is 2.99. The number of fused-ring (bicyclic) bond motifs is 1. The summed E-state index contributed by atoms with van der Waals surface area (Å²) in [5.74, 6) is 0.702. The number of carbonyl (C=O) groups is 1. The van der Waals surface area contributed by atoms with Crippen LogP contribution in [0.5, 0.6) is 5.75 Å². The van der Waals surface area contributed by atoms with E-state index in [0.29, 0.717) is 12.1 Å². The van der Waals surface area contributed by atoms with Gasteiger partial charge in [0.2, 0.25) is 0 Å². The Morgan fingerprint density at radius 1 is 1.47 bits per heavy atom. The lowest BCUT2D eigenvalue weighted by Crippen LogP contribution is -2.35. The first-order valence-corrected chi connectivity index (χ1v) is 6.28. The molecule has 0 saturated carbocycles. The fourth-order valence-electron chi connectivity index (χ4n) is 2.51. The average molecular weight is 257 g/mol. The van der Waals surface area contributed by atoms with Crippen molar-refractivity contribution in [1.82, 2.24) is 10.2 Å². The maximum Gasteiger partial charge on any atom is 0.261 e. The van der Waals surface area contributed by atoms with Crippen LogP contribution in [-0.2, 0) is 6.42 Å². The zero-order valence-corrected chi connectivity index (χ0v) is 10.7. The molecule has 0 atom stereocenters. The van der Waals surface area contributed by atoms with E-state index in [1.807, 2.05) is 18.2 Å². The van der Waals surface area contributed by atoms with E-state index in [1.54, 1.807) is 24.4 Å². The van der Waals surface area contributed by atoms with Crippen LogP contribution in [0.1, 0.15) is 22.3 Å². The van der Waals surface area contributed by atoms with Crippen LogP contribution in [0.3, 0.4) is 0 Å². The van der Waals surface area contributed by atoms with E-state index in [1.165, 1.54) is 0 Å². The molecule has 3 rings (SSSR count). The van der Waals surface area contributed by atoms with Gasteiger partial charge in [0.25, 0.3) is 5.91 Å². The first-order valence-electron chi connectivity index (χ1n) is 6.28. The van der Waals surface area contributed by atoms with Crippen molar-refractivity contribution in [1.29, 1.82) is 0 Å². The Morgan fingerprint density at radius 2 is 2.37 bits per heavy atom. The second-order valence-electron chi connectivity index (χ2n) is 4.52. The number of nitrogens with zero attached hydrogens (tertiary/aromatic N) is 2. The van der Waals surface area contributed by atoms with Gasteiger partial charge < -0.3 is 9.64 Å². The summed E-state index contributed by atoms with van der Waals surface area (Å²) in [6.45, 7) is 0.706. The molecule has 0 spiro atoms. The van der Waals surface area contributed by atoms with Crippen LogP contribution in [0.4, 0.5) is 5.69 Å². The SMILES string of the molecule is COc1cccc2c1N(C(=O)c1cn[nH]c1)CCC2. The third kappa shape index (κ3) is 1.97. The minimum absolute atomic E-state index is 0.0424. The van der Waals surface area contributed by atoms with Crippen LogP contribution in [0.2, 0.25) is 0 Å². The molecule has 5 nitrogen and oxygen atoms in total. The smallest absolute Gasteiger partial charge is 0.261 e. The number of aromatic amines is 1. The topological polar surface area (TPSA) is 58.2 Å². The van der Waals surface area contributed by atoms with E-state index in [4.69, 9.17) is 4.74 Å². The molecule has 2 aromatic rings. The molecule has 1 aromatic heterocycles. The number of nitrogens with one attached hydrogen (secondary N) is 1. The van der Waals surface area contributed by atoms with Gasteiger partial charge in [0, 0.05) is 12.7 Å². The molecule has 2 heterocycles. The predicted molar refractivity (Wildman–Crippen MR) is 71.6 cm³/mol. The molecule has 1 aliphatic heterocycles. The van der Waals surface area contributed by atoms with Crippen LogP contribution in [0, 0.1) is 0 Å². The summed E-state index contributed by atoms with van der Waals surface area (Å²) in [6.07, 6.45) is 5.10. The molecule has 0 fully saturated rings. The van der Waals surface area contributed by atoms with Crippen molar-refractivity contribution in [2.45, 2.75) is 12.8 Å². The summed E-state index contributed by atoms with van der Waals surface area (Å²) in [5, 5.41) is 6.51. The normalized spacial score (nSPS) is 14.1. The molecule has 0 unspecified atom stereocenters. The number of rotatable bonds is 2. The van der Waals surface area contributed by atoms with Crippen molar-refractivity contribution in [2.75, 3.05) is 18.6 Å². The fraction of sp³-hybridized carbons (Fsp3) is 0.286. The van der Waals surface area contributed by atoms with E-state index in [2.05, 4.69) is 10.2 Å². The lowest BCUT2D eigenvalue weighted by Gasteiger charge is -2.30. The fourth-order valence-corrected chi connectivity index (χ4v) is 2.51. The third-order valence-electron chi connectivity index (χ3n) is 3.39. The zero-order chi connectivity index (χ0) is 13.2. The lowest BCUT2D eigenvalue weighted by atomic mass is 10.0. The highest BCUT2D eigenvalue weighted by molar-refractivity contribution is 6.07. The number of aromatic nitrogens is 2. The number of aryl methyl sites for hydroxylation is 1. The Hall–Kier alpha value is -2.30. The largest absolute Gasteiger partial charge is 0.495 e. The molecule has 19 heavy (non-hydrogen) atoms. The molecule has 1 N–H and O–H groups in total. The number of amides is 1. The van der Waals surface area contributed by atoms with Gasteiger partial charge in [-0.25, -0.2) is 0 Å². The van der Waals surface area contributed by atoms with Gasteiger partial charge in [-0.2, -0.15) is 5.10 Å². The maximum atomic E-state index is 12.5. The van der Waals surface area contributed by atoms with Gasteiger partial charge in [-0.3, -0.25) is 9.89 Å². The van der Waals surface area contributed by atoms with Crippen LogP contribution >= 0.6 is 0 Å². The summed E-state index contributed by atoms with van der Waals surface area (Å²) in [4.78, 5) is 14.3. The summed E-state index contributed by atoms with van der Waals surface area (Å²) >= 11 is 0. The molecule has 0 saturated heterocycles. The number of anilines is 1. The van der Waals surface area contributed by atoms with E-state index in [9.17, 15) is 4.79 Å². The monoisotopic (exact) mass is 257 g/mol. The number of para-hydroxylation sites is 1. The maximum absolute atomic E-state index is 12.5. The van der Waals surface area contributed by atoms with E-state index < -0.39 is 0 Å². The second-order valence-corrected chi connectivity index (χ2v) is 4.52. The Labute approximate surface area is 111 Å². The first kappa shape index (κ1) is 11.8. The van der Waals surface area contributed by atoms with Crippen molar-refractivity contribution in [3.8, 4) is 5.75 Å². The number of methoxy groups -OCH3 is 1. The highest BCUT2D eigenvalue weighted by Crippen LogP contribution is 2.36. The summed E-state index contributed by atoms with van der Waals surface area (Å²) < 4.78 is 5.39. The second kappa shape index (κ2) is 4.76. The molecular weight excluding hydrogens is 242 g/mol. The summed E-state index contributed by atoms with van der Waals surface area (Å²) in [5.41, 5.74) is 2.61. The molecule has 1 amide bonds. The molecule has 1 aliphatic rings. The van der Waals surface area contributed by atoms with Gasteiger partial charge in [0.1, 0.15) is 5.75 Å². The van der Waals surface area contributed by atoms with E-state index in [0.717, 1.165) is 29.8 Å². The number of carbonyl (C=O) groups excluding carboxylic acids is 1. The standard InChI is InChI=1S/C14H15N3O2/c1-19-12-6-2-4-10-5-3-7-17(13(10)12)14(18)11-8-15-16-9-11/h2,4,6,8-9H,3,5,7H2,1H3,(H,15,16). The van der Waals surface area contributed by atoms with Crippen molar-refractivity contribution in [3.05, 3.63) is 41.7 Å². The Morgan fingerprint density at radius 3 is 3.11 bits per heavy atom. The predicted octanol–water partition coefficient (Wildman–Crippen LogP) is 2.01. The minimum Gasteiger partial charge on any atom is -0.495 e. The minimum atomic E-state index is -0.0424.